The maximum absolute atomic E-state index is 11.9. The van der Waals surface area contributed by atoms with Crippen LogP contribution >= 0.6 is 22.9 Å². The number of hydrogen-bond acceptors (Lipinski definition) is 3. The monoisotopic (exact) mass is 247 g/mol. The predicted molar refractivity (Wildman–Crippen MR) is 62.6 cm³/mol. The first-order valence-electron chi connectivity index (χ1n) is 4.83. The van der Waals surface area contributed by atoms with Gasteiger partial charge < -0.3 is 10.0 Å². The molecular formula is C10H14ClNO2S. The fourth-order valence-corrected chi connectivity index (χ4v) is 2.40. The zero-order valence-electron chi connectivity index (χ0n) is 8.57. The summed E-state index contributed by atoms with van der Waals surface area (Å²) < 4.78 is 0. The van der Waals surface area contributed by atoms with E-state index in [1.807, 2.05) is 6.92 Å². The van der Waals surface area contributed by atoms with E-state index in [2.05, 4.69) is 0 Å². The highest BCUT2D eigenvalue weighted by atomic mass is 35.5. The molecule has 1 aromatic heterocycles. The molecule has 0 saturated heterocycles. The van der Waals surface area contributed by atoms with Crippen LogP contribution in [0.3, 0.4) is 0 Å². The highest BCUT2D eigenvalue weighted by molar-refractivity contribution is 7.12. The Balaban J connectivity index is 2.76. The van der Waals surface area contributed by atoms with E-state index in [9.17, 15) is 4.79 Å². The molecule has 0 unspecified atom stereocenters. The van der Waals surface area contributed by atoms with Crippen molar-refractivity contribution in [3.63, 3.8) is 0 Å². The van der Waals surface area contributed by atoms with Gasteiger partial charge in [-0.1, -0.05) is 18.5 Å². The molecule has 84 valence electrons. The number of aliphatic hydroxyl groups is 1. The van der Waals surface area contributed by atoms with E-state index in [1.54, 1.807) is 16.3 Å². The molecule has 5 heteroatoms. The number of amides is 1. The SMILES string of the molecule is CCCN(CCO)C(=O)c1sccc1Cl. The van der Waals surface area contributed by atoms with Gasteiger partial charge in [0, 0.05) is 13.1 Å². The van der Waals surface area contributed by atoms with Crippen molar-refractivity contribution in [3.05, 3.63) is 21.3 Å². The van der Waals surface area contributed by atoms with Gasteiger partial charge in [0.2, 0.25) is 0 Å². The first-order valence-corrected chi connectivity index (χ1v) is 6.09. The van der Waals surface area contributed by atoms with Crippen LogP contribution in [0.4, 0.5) is 0 Å². The number of hydrogen-bond donors (Lipinski definition) is 1. The maximum Gasteiger partial charge on any atom is 0.265 e. The third kappa shape index (κ3) is 3.19. The van der Waals surface area contributed by atoms with Crippen LogP contribution in [0.5, 0.6) is 0 Å². The van der Waals surface area contributed by atoms with Crippen molar-refractivity contribution in [2.75, 3.05) is 19.7 Å². The third-order valence-electron chi connectivity index (χ3n) is 1.96. The van der Waals surface area contributed by atoms with E-state index >= 15 is 0 Å². The predicted octanol–water partition coefficient (Wildman–Crippen LogP) is 2.25. The van der Waals surface area contributed by atoms with Crippen molar-refractivity contribution in [3.8, 4) is 0 Å². The van der Waals surface area contributed by atoms with Gasteiger partial charge in [-0.25, -0.2) is 0 Å². The molecule has 1 N–H and O–H groups in total. The summed E-state index contributed by atoms with van der Waals surface area (Å²) in [5.74, 6) is -0.0918. The average molecular weight is 248 g/mol. The number of nitrogens with zero attached hydrogens (tertiary/aromatic N) is 1. The van der Waals surface area contributed by atoms with Gasteiger partial charge in [-0.05, 0) is 17.9 Å². The van der Waals surface area contributed by atoms with E-state index in [-0.39, 0.29) is 12.5 Å². The van der Waals surface area contributed by atoms with Gasteiger partial charge in [-0.15, -0.1) is 11.3 Å². The quantitative estimate of drug-likeness (QED) is 0.867. The smallest absolute Gasteiger partial charge is 0.265 e. The molecule has 1 rings (SSSR count). The molecule has 0 fully saturated rings. The molecule has 0 spiro atoms. The molecule has 0 aliphatic carbocycles. The van der Waals surface area contributed by atoms with E-state index in [0.29, 0.717) is 23.0 Å². The highest BCUT2D eigenvalue weighted by Gasteiger charge is 2.18. The van der Waals surface area contributed by atoms with Crippen molar-refractivity contribution < 1.29 is 9.90 Å². The van der Waals surface area contributed by atoms with Gasteiger partial charge in [0.15, 0.2) is 0 Å². The largest absolute Gasteiger partial charge is 0.395 e. The second-order valence-corrected chi connectivity index (χ2v) is 4.44. The normalized spacial score (nSPS) is 10.3. The van der Waals surface area contributed by atoms with Crippen LogP contribution < -0.4 is 0 Å². The van der Waals surface area contributed by atoms with Crippen molar-refractivity contribution in [2.24, 2.45) is 0 Å². The Bertz CT molecular complexity index is 321. The average Bonchev–Trinajstić information content (AvgIpc) is 2.63. The molecular weight excluding hydrogens is 234 g/mol. The minimum absolute atomic E-state index is 0.0191. The Kier molecular flexibility index (Phi) is 5.08. The lowest BCUT2D eigenvalue weighted by atomic mass is 10.3. The summed E-state index contributed by atoms with van der Waals surface area (Å²) >= 11 is 7.21. The Morgan fingerprint density at radius 1 is 1.60 bits per heavy atom. The second-order valence-electron chi connectivity index (χ2n) is 3.11. The molecule has 0 aromatic carbocycles. The van der Waals surface area contributed by atoms with E-state index < -0.39 is 0 Å². The van der Waals surface area contributed by atoms with Crippen LogP contribution in [0.2, 0.25) is 5.02 Å². The lowest BCUT2D eigenvalue weighted by molar-refractivity contribution is 0.0727. The number of rotatable bonds is 5. The standard InChI is InChI=1S/C10H14ClNO2S/c1-2-4-12(5-6-13)10(14)9-8(11)3-7-15-9/h3,7,13H,2,4-6H2,1H3. The summed E-state index contributed by atoms with van der Waals surface area (Å²) in [7, 11) is 0. The molecule has 0 radical (unpaired) electrons. The van der Waals surface area contributed by atoms with Gasteiger partial charge in [0.1, 0.15) is 4.88 Å². The van der Waals surface area contributed by atoms with Crippen molar-refractivity contribution in [2.45, 2.75) is 13.3 Å². The van der Waals surface area contributed by atoms with E-state index in [0.717, 1.165) is 6.42 Å². The summed E-state index contributed by atoms with van der Waals surface area (Å²) in [5, 5.41) is 11.1. The third-order valence-corrected chi connectivity index (χ3v) is 3.29. The Morgan fingerprint density at radius 3 is 2.80 bits per heavy atom. The second kappa shape index (κ2) is 6.10. The zero-order chi connectivity index (χ0) is 11.3. The van der Waals surface area contributed by atoms with Crippen LogP contribution in [0.25, 0.3) is 0 Å². The number of aliphatic hydroxyl groups excluding tert-OH is 1. The lowest BCUT2D eigenvalue weighted by Gasteiger charge is -2.20. The molecule has 0 bridgehead atoms. The summed E-state index contributed by atoms with van der Waals surface area (Å²) in [4.78, 5) is 14.1. The Hall–Kier alpha value is -0.580. The highest BCUT2D eigenvalue weighted by Crippen LogP contribution is 2.23. The van der Waals surface area contributed by atoms with Crippen molar-refractivity contribution in [1.82, 2.24) is 4.90 Å². The van der Waals surface area contributed by atoms with Gasteiger partial charge in [0.05, 0.1) is 11.6 Å². The fourth-order valence-electron chi connectivity index (χ4n) is 1.30. The van der Waals surface area contributed by atoms with Gasteiger partial charge >= 0.3 is 0 Å². The summed E-state index contributed by atoms with van der Waals surface area (Å²) in [6.45, 7) is 2.98. The number of thiophene rings is 1. The van der Waals surface area contributed by atoms with Gasteiger partial charge in [-0.2, -0.15) is 0 Å². The molecule has 0 aliphatic heterocycles. The summed E-state index contributed by atoms with van der Waals surface area (Å²) in [5.41, 5.74) is 0. The number of carbonyl (C=O) groups is 1. The number of carbonyl (C=O) groups excluding carboxylic acids is 1. The van der Waals surface area contributed by atoms with Crippen LogP contribution in [0.15, 0.2) is 11.4 Å². The zero-order valence-corrected chi connectivity index (χ0v) is 10.1. The first-order chi connectivity index (χ1) is 7.20. The summed E-state index contributed by atoms with van der Waals surface area (Å²) in [6.07, 6.45) is 0.870. The Morgan fingerprint density at radius 2 is 2.33 bits per heavy atom. The van der Waals surface area contributed by atoms with E-state index in [4.69, 9.17) is 16.7 Å². The maximum atomic E-state index is 11.9. The molecule has 0 saturated carbocycles. The van der Waals surface area contributed by atoms with Crippen molar-refractivity contribution in [1.29, 1.82) is 0 Å². The lowest BCUT2D eigenvalue weighted by Crippen LogP contribution is -2.33. The van der Waals surface area contributed by atoms with Crippen LogP contribution in [0.1, 0.15) is 23.0 Å². The van der Waals surface area contributed by atoms with Gasteiger partial charge in [-0.3, -0.25) is 4.79 Å². The molecule has 1 amide bonds. The topological polar surface area (TPSA) is 40.5 Å². The van der Waals surface area contributed by atoms with Crippen LogP contribution in [-0.4, -0.2) is 35.6 Å². The Labute approximate surface area is 98.3 Å². The number of halogens is 1. The van der Waals surface area contributed by atoms with Crippen molar-refractivity contribution >= 4 is 28.8 Å². The van der Waals surface area contributed by atoms with Gasteiger partial charge in [0.25, 0.3) is 5.91 Å². The fraction of sp³-hybridized carbons (Fsp3) is 0.500. The first kappa shape index (κ1) is 12.5. The molecule has 3 nitrogen and oxygen atoms in total. The molecule has 15 heavy (non-hydrogen) atoms. The minimum Gasteiger partial charge on any atom is -0.395 e. The molecule has 0 aliphatic rings. The molecule has 0 atom stereocenters. The van der Waals surface area contributed by atoms with Crippen LogP contribution in [-0.2, 0) is 0 Å². The summed E-state index contributed by atoms with van der Waals surface area (Å²) in [6, 6.07) is 1.71. The van der Waals surface area contributed by atoms with E-state index in [1.165, 1.54) is 11.3 Å². The molecule has 1 aromatic rings. The van der Waals surface area contributed by atoms with Crippen LogP contribution in [0, 0.1) is 0 Å². The minimum atomic E-state index is -0.0918. The molecule has 1 heterocycles.